The highest BCUT2D eigenvalue weighted by Gasteiger charge is 2.52. The number of ketones is 1. The average Bonchev–Trinajstić information content (AvgIpc) is 2.67. The third kappa shape index (κ3) is 1.26. The van der Waals surface area contributed by atoms with Crippen molar-refractivity contribution in [3.05, 3.63) is 11.6 Å². The third-order valence-corrected chi connectivity index (χ3v) is 5.55. The largest absolute Gasteiger partial charge is 0.299 e. The lowest BCUT2D eigenvalue weighted by molar-refractivity contribution is -0.136. The smallest absolute Gasteiger partial charge is 0.139 e. The number of hydrogen-bond donors (Lipinski definition) is 0. The highest BCUT2D eigenvalue weighted by Crippen LogP contribution is 2.56. The van der Waals surface area contributed by atoms with Gasteiger partial charge < -0.3 is 0 Å². The summed E-state index contributed by atoms with van der Waals surface area (Å²) in [5.74, 6) is 4.15. The third-order valence-electron chi connectivity index (χ3n) is 5.55. The molecule has 0 saturated heterocycles. The Hall–Kier alpha value is -0.590. The summed E-state index contributed by atoms with van der Waals surface area (Å²) in [6.45, 7) is 6.60. The molecule has 1 unspecified atom stereocenters. The van der Waals surface area contributed by atoms with Gasteiger partial charge in [0.25, 0.3) is 0 Å². The quantitative estimate of drug-likeness (QED) is 0.569. The molecule has 0 aromatic rings. The van der Waals surface area contributed by atoms with Crippen LogP contribution < -0.4 is 0 Å². The zero-order chi connectivity index (χ0) is 11.4. The van der Waals surface area contributed by atoms with E-state index in [1.807, 2.05) is 0 Å². The minimum atomic E-state index is 0.306. The van der Waals surface area contributed by atoms with Crippen molar-refractivity contribution in [2.45, 2.75) is 40.0 Å². The first-order valence-electron chi connectivity index (χ1n) is 6.80. The van der Waals surface area contributed by atoms with E-state index in [1.54, 1.807) is 0 Å². The van der Waals surface area contributed by atoms with Gasteiger partial charge in [0, 0.05) is 11.8 Å². The highest BCUT2D eigenvalue weighted by molar-refractivity contribution is 5.84. The Kier molecular flexibility index (Phi) is 2.28. The molecule has 0 bridgehead atoms. The Morgan fingerprint density at radius 1 is 1.12 bits per heavy atom. The van der Waals surface area contributed by atoms with Gasteiger partial charge in [-0.25, -0.2) is 0 Å². The van der Waals surface area contributed by atoms with Crippen LogP contribution in [0.3, 0.4) is 0 Å². The van der Waals surface area contributed by atoms with Crippen LogP contribution in [0, 0.1) is 35.5 Å². The number of carbonyl (C=O) groups is 1. The molecule has 0 aromatic heterocycles. The molecule has 2 saturated carbocycles. The van der Waals surface area contributed by atoms with Crippen LogP contribution in [-0.2, 0) is 4.79 Å². The van der Waals surface area contributed by atoms with E-state index < -0.39 is 0 Å². The van der Waals surface area contributed by atoms with Crippen molar-refractivity contribution in [3.63, 3.8) is 0 Å². The van der Waals surface area contributed by atoms with E-state index in [4.69, 9.17) is 0 Å². The van der Waals surface area contributed by atoms with Crippen LogP contribution in [0.25, 0.3) is 0 Å². The summed E-state index contributed by atoms with van der Waals surface area (Å²) >= 11 is 0. The maximum absolute atomic E-state index is 12.3. The molecule has 6 atom stereocenters. The molecule has 2 fully saturated rings. The maximum Gasteiger partial charge on any atom is 0.139 e. The minimum Gasteiger partial charge on any atom is -0.299 e. The highest BCUT2D eigenvalue weighted by atomic mass is 16.1. The van der Waals surface area contributed by atoms with E-state index in [1.165, 1.54) is 24.8 Å². The molecule has 0 heterocycles. The zero-order valence-electron chi connectivity index (χ0n) is 10.6. The second-order valence-corrected chi connectivity index (χ2v) is 6.34. The minimum absolute atomic E-state index is 0.306. The summed E-state index contributed by atoms with van der Waals surface area (Å²) in [7, 11) is 0. The SMILES string of the molecule is CC1=C[C@H]2CC[C@H]3C2[C@H](C1)[C@@H](C)C(=O)[C@@H]3C. The lowest BCUT2D eigenvalue weighted by Crippen LogP contribution is -2.45. The van der Waals surface area contributed by atoms with Crippen LogP contribution in [0.4, 0.5) is 0 Å². The normalized spacial score (nSPS) is 51.2. The van der Waals surface area contributed by atoms with Crippen LogP contribution in [0.15, 0.2) is 11.6 Å². The molecule has 3 aliphatic carbocycles. The molecule has 3 aliphatic rings. The molecule has 3 rings (SSSR count). The van der Waals surface area contributed by atoms with E-state index in [-0.39, 0.29) is 0 Å². The average molecular weight is 218 g/mol. The molecule has 0 aliphatic heterocycles. The van der Waals surface area contributed by atoms with E-state index in [2.05, 4.69) is 26.8 Å². The molecule has 88 valence electrons. The van der Waals surface area contributed by atoms with Crippen molar-refractivity contribution in [2.75, 3.05) is 0 Å². The van der Waals surface area contributed by atoms with Gasteiger partial charge in [-0.05, 0) is 49.9 Å². The molecule has 0 radical (unpaired) electrons. The van der Waals surface area contributed by atoms with Gasteiger partial charge in [0.1, 0.15) is 5.78 Å². The Labute approximate surface area is 98.3 Å². The molecular formula is C15H22O. The topological polar surface area (TPSA) is 17.1 Å². The first-order valence-corrected chi connectivity index (χ1v) is 6.80. The van der Waals surface area contributed by atoms with Gasteiger partial charge in [0.2, 0.25) is 0 Å². The van der Waals surface area contributed by atoms with Crippen LogP contribution in [0.1, 0.15) is 40.0 Å². The summed E-state index contributed by atoms with van der Waals surface area (Å²) < 4.78 is 0. The standard InChI is InChI=1S/C15H22O/c1-8-6-11-4-5-12-9(2)15(16)10(3)13(7-8)14(11)12/h6,9-14H,4-5,7H2,1-3H3/t9-,10-,11-,12-,13-,14?/m1/s1. The van der Waals surface area contributed by atoms with Crippen LogP contribution in [-0.4, -0.2) is 5.78 Å². The fourth-order valence-corrected chi connectivity index (χ4v) is 4.79. The predicted octanol–water partition coefficient (Wildman–Crippen LogP) is 3.45. The summed E-state index contributed by atoms with van der Waals surface area (Å²) in [5.41, 5.74) is 1.53. The van der Waals surface area contributed by atoms with Gasteiger partial charge in [-0.2, -0.15) is 0 Å². The molecule has 0 aromatic carbocycles. The number of carbonyl (C=O) groups excluding carboxylic acids is 1. The first kappa shape index (κ1) is 10.6. The monoisotopic (exact) mass is 218 g/mol. The number of allylic oxidation sites excluding steroid dienone is 2. The fourth-order valence-electron chi connectivity index (χ4n) is 4.79. The van der Waals surface area contributed by atoms with Crippen molar-refractivity contribution in [3.8, 4) is 0 Å². The Morgan fingerprint density at radius 3 is 2.56 bits per heavy atom. The number of rotatable bonds is 0. The van der Waals surface area contributed by atoms with Crippen molar-refractivity contribution in [2.24, 2.45) is 35.5 Å². The van der Waals surface area contributed by atoms with Crippen LogP contribution in [0.2, 0.25) is 0 Å². The summed E-state index contributed by atoms with van der Waals surface area (Å²) in [6, 6.07) is 0. The van der Waals surface area contributed by atoms with Crippen molar-refractivity contribution in [1.29, 1.82) is 0 Å². The molecule has 16 heavy (non-hydrogen) atoms. The Bertz CT molecular complexity index is 354. The van der Waals surface area contributed by atoms with Crippen LogP contribution in [0.5, 0.6) is 0 Å². The van der Waals surface area contributed by atoms with Gasteiger partial charge in [0.05, 0.1) is 0 Å². The van der Waals surface area contributed by atoms with Gasteiger partial charge in [0.15, 0.2) is 0 Å². The van der Waals surface area contributed by atoms with Gasteiger partial charge in [-0.3, -0.25) is 4.79 Å². The zero-order valence-corrected chi connectivity index (χ0v) is 10.6. The summed E-state index contributed by atoms with van der Waals surface area (Å²) in [6.07, 6.45) is 6.30. The second kappa shape index (κ2) is 3.45. The molecule has 0 spiro atoms. The summed E-state index contributed by atoms with van der Waals surface area (Å²) in [4.78, 5) is 12.3. The van der Waals surface area contributed by atoms with Crippen LogP contribution >= 0.6 is 0 Å². The number of hydrogen-bond acceptors (Lipinski definition) is 1. The molecule has 0 N–H and O–H groups in total. The summed E-state index contributed by atoms with van der Waals surface area (Å²) in [5, 5.41) is 0. The Balaban J connectivity index is 2.01. The molecule has 1 heteroatoms. The van der Waals surface area contributed by atoms with Gasteiger partial charge in [-0.15, -0.1) is 0 Å². The lowest BCUT2D eigenvalue weighted by atomic mass is 9.58. The Morgan fingerprint density at radius 2 is 1.81 bits per heavy atom. The van der Waals surface area contributed by atoms with Gasteiger partial charge >= 0.3 is 0 Å². The second-order valence-electron chi connectivity index (χ2n) is 6.34. The molecular weight excluding hydrogens is 196 g/mol. The lowest BCUT2D eigenvalue weighted by Gasteiger charge is -2.45. The van der Waals surface area contributed by atoms with Crippen molar-refractivity contribution >= 4 is 5.78 Å². The van der Waals surface area contributed by atoms with E-state index in [0.717, 1.165) is 11.8 Å². The molecule has 1 nitrogen and oxygen atoms in total. The van der Waals surface area contributed by atoms with E-state index in [0.29, 0.717) is 29.5 Å². The molecule has 0 amide bonds. The first-order chi connectivity index (χ1) is 7.59. The fraction of sp³-hybridized carbons (Fsp3) is 0.800. The number of Topliss-reactive ketones (excluding diaryl/α,β-unsaturated/α-hetero) is 1. The maximum atomic E-state index is 12.3. The van der Waals surface area contributed by atoms with E-state index >= 15 is 0 Å². The van der Waals surface area contributed by atoms with E-state index in [9.17, 15) is 4.79 Å². The van der Waals surface area contributed by atoms with Crippen molar-refractivity contribution < 1.29 is 4.79 Å². The van der Waals surface area contributed by atoms with Crippen molar-refractivity contribution in [1.82, 2.24) is 0 Å². The van der Waals surface area contributed by atoms with Gasteiger partial charge in [-0.1, -0.05) is 25.5 Å². The predicted molar refractivity (Wildman–Crippen MR) is 64.9 cm³/mol.